The van der Waals surface area contributed by atoms with E-state index >= 15 is 0 Å². The summed E-state index contributed by atoms with van der Waals surface area (Å²) in [5.41, 5.74) is 0.953. The monoisotopic (exact) mass is 291 g/mol. The molecule has 0 aliphatic rings. The molecule has 0 aromatic carbocycles. The van der Waals surface area contributed by atoms with Crippen molar-refractivity contribution >= 4 is 23.1 Å². The third-order valence-electron chi connectivity index (χ3n) is 2.76. The molecule has 0 fully saturated rings. The van der Waals surface area contributed by atoms with Crippen molar-refractivity contribution in [2.75, 3.05) is 17.2 Å². The standard InChI is InChI=1S/C14H21N5S/c1-4-6-15-14-18-10(3)7-12(19-14)16-9-13-17-8-11(5-2)20-13/h7-8H,4-6,9H2,1-3H3,(H2,15,16,18,19). The van der Waals surface area contributed by atoms with Crippen LogP contribution in [0.15, 0.2) is 12.3 Å². The van der Waals surface area contributed by atoms with E-state index in [4.69, 9.17) is 0 Å². The van der Waals surface area contributed by atoms with Crippen LogP contribution in [0.5, 0.6) is 0 Å². The van der Waals surface area contributed by atoms with Gasteiger partial charge in [-0.15, -0.1) is 11.3 Å². The molecule has 0 aliphatic heterocycles. The Hall–Kier alpha value is -1.69. The number of rotatable bonds is 7. The first-order valence-corrected chi connectivity index (χ1v) is 7.80. The molecule has 0 aliphatic carbocycles. The molecule has 0 atom stereocenters. The Bertz CT molecular complexity index is 552. The highest BCUT2D eigenvalue weighted by Crippen LogP contribution is 2.16. The van der Waals surface area contributed by atoms with Gasteiger partial charge in [0.2, 0.25) is 5.95 Å². The van der Waals surface area contributed by atoms with Crippen LogP contribution in [0.2, 0.25) is 0 Å². The minimum absolute atomic E-state index is 0.683. The van der Waals surface area contributed by atoms with Crippen molar-refractivity contribution < 1.29 is 0 Å². The number of aryl methyl sites for hydroxylation is 2. The first kappa shape index (κ1) is 14.7. The van der Waals surface area contributed by atoms with Gasteiger partial charge in [0, 0.05) is 29.4 Å². The molecular formula is C14H21N5S. The summed E-state index contributed by atoms with van der Waals surface area (Å²) in [7, 11) is 0. The first-order chi connectivity index (χ1) is 9.71. The second-order valence-corrected chi connectivity index (χ2v) is 5.77. The van der Waals surface area contributed by atoms with Gasteiger partial charge in [0.15, 0.2) is 0 Å². The predicted octanol–water partition coefficient (Wildman–Crippen LogP) is 3.24. The van der Waals surface area contributed by atoms with Gasteiger partial charge in [0.25, 0.3) is 0 Å². The number of thiazole rings is 1. The fourth-order valence-corrected chi connectivity index (χ4v) is 2.54. The number of aromatic nitrogens is 3. The summed E-state index contributed by atoms with van der Waals surface area (Å²) in [6.45, 7) is 7.83. The van der Waals surface area contributed by atoms with Crippen molar-refractivity contribution in [1.29, 1.82) is 0 Å². The molecule has 108 valence electrons. The summed E-state index contributed by atoms with van der Waals surface area (Å²) >= 11 is 1.74. The summed E-state index contributed by atoms with van der Waals surface area (Å²) in [5, 5.41) is 7.61. The van der Waals surface area contributed by atoms with Crippen LogP contribution in [-0.4, -0.2) is 21.5 Å². The van der Waals surface area contributed by atoms with Crippen LogP contribution in [-0.2, 0) is 13.0 Å². The molecule has 5 nitrogen and oxygen atoms in total. The van der Waals surface area contributed by atoms with Gasteiger partial charge in [-0.25, -0.2) is 9.97 Å². The molecule has 0 saturated carbocycles. The van der Waals surface area contributed by atoms with Crippen LogP contribution in [0.4, 0.5) is 11.8 Å². The van der Waals surface area contributed by atoms with Crippen molar-refractivity contribution in [1.82, 2.24) is 15.0 Å². The molecule has 2 heterocycles. The van der Waals surface area contributed by atoms with E-state index < -0.39 is 0 Å². The molecule has 2 aromatic heterocycles. The third kappa shape index (κ3) is 4.16. The van der Waals surface area contributed by atoms with Crippen LogP contribution in [0.1, 0.15) is 35.8 Å². The van der Waals surface area contributed by atoms with E-state index in [1.165, 1.54) is 4.88 Å². The maximum Gasteiger partial charge on any atom is 0.224 e. The lowest BCUT2D eigenvalue weighted by Crippen LogP contribution is -2.08. The number of nitrogens with zero attached hydrogens (tertiary/aromatic N) is 3. The minimum atomic E-state index is 0.683. The van der Waals surface area contributed by atoms with Gasteiger partial charge in [-0.2, -0.15) is 4.98 Å². The highest BCUT2D eigenvalue weighted by atomic mass is 32.1. The maximum atomic E-state index is 4.46. The quantitative estimate of drug-likeness (QED) is 0.820. The zero-order valence-electron chi connectivity index (χ0n) is 12.2. The fourth-order valence-electron chi connectivity index (χ4n) is 1.73. The van der Waals surface area contributed by atoms with E-state index in [2.05, 4.69) is 39.4 Å². The number of hydrogen-bond acceptors (Lipinski definition) is 6. The van der Waals surface area contributed by atoms with Gasteiger partial charge in [-0.3, -0.25) is 0 Å². The van der Waals surface area contributed by atoms with E-state index in [0.717, 1.165) is 35.9 Å². The maximum absolute atomic E-state index is 4.46. The lowest BCUT2D eigenvalue weighted by molar-refractivity contribution is 0.943. The van der Waals surface area contributed by atoms with Gasteiger partial charge < -0.3 is 10.6 Å². The smallest absolute Gasteiger partial charge is 0.224 e. The fraction of sp³-hybridized carbons (Fsp3) is 0.500. The highest BCUT2D eigenvalue weighted by Gasteiger charge is 2.04. The normalized spacial score (nSPS) is 10.6. The predicted molar refractivity (Wildman–Crippen MR) is 84.4 cm³/mol. The van der Waals surface area contributed by atoms with Crippen molar-refractivity contribution in [2.24, 2.45) is 0 Å². The first-order valence-electron chi connectivity index (χ1n) is 6.98. The Morgan fingerprint density at radius 1 is 1.20 bits per heavy atom. The van der Waals surface area contributed by atoms with Gasteiger partial charge in [0.1, 0.15) is 10.8 Å². The summed E-state index contributed by atoms with van der Waals surface area (Å²) in [6.07, 6.45) is 4.04. The van der Waals surface area contributed by atoms with E-state index in [-0.39, 0.29) is 0 Å². The SMILES string of the molecule is CCCNc1nc(C)cc(NCc2ncc(CC)s2)n1. The van der Waals surface area contributed by atoms with Gasteiger partial charge in [-0.1, -0.05) is 13.8 Å². The van der Waals surface area contributed by atoms with Gasteiger partial charge >= 0.3 is 0 Å². The molecule has 20 heavy (non-hydrogen) atoms. The van der Waals surface area contributed by atoms with Crippen LogP contribution >= 0.6 is 11.3 Å². The van der Waals surface area contributed by atoms with Crippen molar-refractivity contribution in [3.63, 3.8) is 0 Å². The Labute approximate surface area is 123 Å². The molecule has 0 radical (unpaired) electrons. The average Bonchev–Trinajstić information content (AvgIpc) is 2.90. The van der Waals surface area contributed by atoms with E-state index in [1.807, 2.05) is 19.2 Å². The average molecular weight is 291 g/mol. The summed E-state index contributed by atoms with van der Waals surface area (Å²) in [4.78, 5) is 14.5. The Morgan fingerprint density at radius 2 is 2.05 bits per heavy atom. The molecule has 0 saturated heterocycles. The minimum Gasteiger partial charge on any atom is -0.363 e. The Kier molecular flexibility index (Phi) is 5.29. The molecule has 6 heteroatoms. The number of anilines is 2. The second-order valence-electron chi connectivity index (χ2n) is 4.57. The molecule has 0 unspecified atom stereocenters. The van der Waals surface area contributed by atoms with Crippen molar-refractivity contribution in [2.45, 2.75) is 40.2 Å². The van der Waals surface area contributed by atoms with E-state index in [9.17, 15) is 0 Å². The largest absolute Gasteiger partial charge is 0.363 e. The molecule has 2 N–H and O–H groups in total. The van der Waals surface area contributed by atoms with Gasteiger partial charge in [0.05, 0.1) is 6.54 Å². The summed E-state index contributed by atoms with van der Waals surface area (Å²) < 4.78 is 0. The Balaban J connectivity index is 1.99. The van der Waals surface area contributed by atoms with E-state index in [0.29, 0.717) is 12.5 Å². The summed E-state index contributed by atoms with van der Waals surface area (Å²) in [5.74, 6) is 1.52. The molecule has 0 amide bonds. The topological polar surface area (TPSA) is 62.7 Å². The van der Waals surface area contributed by atoms with Crippen LogP contribution < -0.4 is 10.6 Å². The number of nitrogens with one attached hydrogen (secondary N) is 2. The molecular weight excluding hydrogens is 270 g/mol. The summed E-state index contributed by atoms with van der Waals surface area (Å²) in [6, 6.07) is 1.95. The molecule has 2 aromatic rings. The zero-order valence-corrected chi connectivity index (χ0v) is 13.0. The van der Waals surface area contributed by atoms with Crippen molar-refractivity contribution in [3.05, 3.63) is 27.8 Å². The molecule has 0 bridgehead atoms. The van der Waals surface area contributed by atoms with Gasteiger partial charge in [-0.05, 0) is 19.8 Å². The molecule has 2 rings (SSSR count). The Morgan fingerprint density at radius 3 is 2.75 bits per heavy atom. The van der Waals surface area contributed by atoms with Crippen molar-refractivity contribution in [3.8, 4) is 0 Å². The zero-order chi connectivity index (χ0) is 14.4. The second kappa shape index (κ2) is 7.19. The van der Waals surface area contributed by atoms with E-state index in [1.54, 1.807) is 11.3 Å². The lowest BCUT2D eigenvalue weighted by atomic mass is 10.4. The van der Waals surface area contributed by atoms with Crippen LogP contribution in [0, 0.1) is 6.92 Å². The molecule has 0 spiro atoms. The lowest BCUT2D eigenvalue weighted by Gasteiger charge is -2.08. The number of hydrogen-bond donors (Lipinski definition) is 2. The van der Waals surface area contributed by atoms with Crippen LogP contribution in [0.3, 0.4) is 0 Å². The third-order valence-corrected chi connectivity index (χ3v) is 3.90. The van der Waals surface area contributed by atoms with Crippen LogP contribution in [0.25, 0.3) is 0 Å². The highest BCUT2D eigenvalue weighted by molar-refractivity contribution is 7.11.